The second kappa shape index (κ2) is 5.99. The van der Waals surface area contributed by atoms with Crippen molar-refractivity contribution in [1.82, 2.24) is 10.2 Å². The van der Waals surface area contributed by atoms with Gasteiger partial charge in [-0.1, -0.05) is 11.6 Å². The molecule has 0 aliphatic rings. The summed E-state index contributed by atoms with van der Waals surface area (Å²) in [6.45, 7) is 2.66. The highest BCUT2D eigenvalue weighted by atomic mass is 35.5. The third kappa shape index (κ3) is 3.21. The maximum atomic E-state index is 12.5. The summed E-state index contributed by atoms with van der Waals surface area (Å²) in [4.78, 5) is 11.5. The van der Waals surface area contributed by atoms with E-state index in [0.717, 1.165) is 10.8 Å². The Kier molecular flexibility index (Phi) is 4.24. The molecule has 2 aromatic carbocycles. The van der Waals surface area contributed by atoms with Gasteiger partial charge in [0, 0.05) is 27.9 Å². The van der Waals surface area contributed by atoms with Crippen LogP contribution in [0.2, 0.25) is 5.02 Å². The van der Waals surface area contributed by atoms with Crippen molar-refractivity contribution in [3.63, 3.8) is 0 Å². The summed E-state index contributed by atoms with van der Waals surface area (Å²) >= 11 is 5.94. The van der Waals surface area contributed by atoms with Crippen molar-refractivity contribution in [2.24, 2.45) is 0 Å². The van der Waals surface area contributed by atoms with Gasteiger partial charge in [0.2, 0.25) is 10.0 Å². The summed E-state index contributed by atoms with van der Waals surface area (Å²) in [5.41, 5.74) is 0.823. The van der Waals surface area contributed by atoms with Gasteiger partial charge in [0.15, 0.2) is 0 Å². The van der Waals surface area contributed by atoms with Crippen LogP contribution in [-0.2, 0) is 14.8 Å². The molecule has 0 aliphatic carbocycles. The molecule has 1 amide bonds. The van der Waals surface area contributed by atoms with E-state index in [0.29, 0.717) is 16.2 Å². The van der Waals surface area contributed by atoms with Gasteiger partial charge < -0.3 is 4.42 Å². The smallest absolute Gasteiger partial charge is 0.264 e. The van der Waals surface area contributed by atoms with E-state index in [1.165, 1.54) is 31.5 Å². The molecule has 132 valence electrons. The van der Waals surface area contributed by atoms with Gasteiger partial charge in [-0.05, 0) is 38.1 Å². The number of fused-ring (bicyclic) bond motifs is 3. The highest BCUT2D eigenvalue weighted by molar-refractivity contribution is 7.89. The van der Waals surface area contributed by atoms with Crippen LogP contribution in [-0.4, -0.2) is 25.1 Å². The Morgan fingerprint density at radius 1 is 1.12 bits per heavy atom. The number of hydrogen-bond donors (Lipinski definition) is 3. The van der Waals surface area contributed by atoms with Crippen molar-refractivity contribution in [3.8, 4) is 0 Å². The molecule has 7 nitrogen and oxygen atoms in total. The first-order valence-corrected chi connectivity index (χ1v) is 9.10. The van der Waals surface area contributed by atoms with Crippen molar-refractivity contribution >= 4 is 49.5 Å². The molecule has 0 saturated heterocycles. The van der Waals surface area contributed by atoms with Gasteiger partial charge in [-0.15, -0.1) is 0 Å². The lowest BCUT2D eigenvalue weighted by atomic mass is 10.1. The first kappa shape index (κ1) is 17.7. The highest BCUT2D eigenvalue weighted by Gasteiger charge is 2.33. The highest BCUT2D eigenvalue weighted by Crippen LogP contribution is 2.32. The lowest BCUT2D eigenvalue weighted by molar-refractivity contribution is -0.134. The minimum Gasteiger partial charge on any atom is -0.456 e. The molecule has 1 aromatic heterocycles. The number of halogens is 1. The van der Waals surface area contributed by atoms with E-state index in [9.17, 15) is 13.2 Å². The van der Waals surface area contributed by atoms with Gasteiger partial charge in [-0.2, -0.15) is 4.72 Å². The Hall–Kier alpha value is -2.13. The van der Waals surface area contributed by atoms with Crippen LogP contribution in [0.4, 0.5) is 0 Å². The molecule has 0 fully saturated rings. The Morgan fingerprint density at radius 2 is 1.72 bits per heavy atom. The van der Waals surface area contributed by atoms with Crippen LogP contribution < -0.4 is 10.2 Å². The molecule has 0 atom stereocenters. The maximum Gasteiger partial charge on any atom is 0.264 e. The number of nitrogens with one attached hydrogen (secondary N) is 2. The van der Waals surface area contributed by atoms with Crippen molar-refractivity contribution in [2.45, 2.75) is 24.3 Å². The number of rotatable bonds is 4. The summed E-state index contributed by atoms with van der Waals surface area (Å²) in [7, 11) is -4.02. The van der Waals surface area contributed by atoms with Gasteiger partial charge in [-0.25, -0.2) is 13.9 Å². The Morgan fingerprint density at radius 3 is 2.36 bits per heavy atom. The zero-order valence-electron chi connectivity index (χ0n) is 13.3. The van der Waals surface area contributed by atoms with Gasteiger partial charge in [0.05, 0.1) is 4.90 Å². The topological polar surface area (TPSA) is 109 Å². The fourth-order valence-electron chi connectivity index (χ4n) is 2.48. The molecule has 3 rings (SSSR count). The molecular weight excluding hydrogens is 368 g/mol. The van der Waals surface area contributed by atoms with Crippen LogP contribution in [0.5, 0.6) is 0 Å². The Bertz CT molecular complexity index is 1090. The second-order valence-electron chi connectivity index (χ2n) is 6.07. The SMILES string of the molecule is CC(C)(NS(=O)(=O)c1ccc2c(c1)oc1cc(Cl)ccc12)C(=O)NO. The van der Waals surface area contributed by atoms with Crippen LogP contribution in [0.15, 0.2) is 45.7 Å². The van der Waals surface area contributed by atoms with Crippen LogP contribution in [0, 0.1) is 0 Å². The number of furan rings is 1. The van der Waals surface area contributed by atoms with Crippen LogP contribution in [0.25, 0.3) is 21.9 Å². The Balaban J connectivity index is 2.06. The van der Waals surface area contributed by atoms with Crippen LogP contribution in [0.1, 0.15) is 13.8 Å². The molecule has 3 aromatic rings. The van der Waals surface area contributed by atoms with E-state index in [4.69, 9.17) is 21.2 Å². The fraction of sp³-hybridized carbons (Fsp3) is 0.188. The van der Waals surface area contributed by atoms with E-state index in [1.807, 2.05) is 0 Å². The molecular formula is C16H15ClN2O5S. The van der Waals surface area contributed by atoms with Gasteiger partial charge in [0.25, 0.3) is 5.91 Å². The zero-order valence-corrected chi connectivity index (χ0v) is 14.9. The monoisotopic (exact) mass is 382 g/mol. The summed E-state index contributed by atoms with van der Waals surface area (Å²) < 4.78 is 33.0. The number of benzene rings is 2. The van der Waals surface area contributed by atoms with Crippen LogP contribution >= 0.6 is 11.6 Å². The number of sulfonamides is 1. The quantitative estimate of drug-likeness (QED) is 0.475. The number of hydroxylamine groups is 1. The number of carbonyl (C=O) groups excluding carboxylic acids is 1. The summed E-state index contributed by atoms with van der Waals surface area (Å²) in [6, 6.07) is 9.59. The first-order chi connectivity index (χ1) is 11.6. The number of carbonyl (C=O) groups is 1. The standard InChI is InChI=1S/C16H15ClN2O5S/c1-16(2,15(20)18-21)19-25(22,23)10-4-6-12-11-5-3-9(17)7-13(11)24-14(12)8-10/h3-8,19,21H,1-2H3,(H,18,20). The van der Waals surface area contributed by atoms with E-state index < -0.39 is 21.5 Å². The predicted octanol–water partition coefficient (Wildman–Crippen LogP) is 2.80. The van der Waals surface area contributed by atoms with Crippen molar-refractivity contribution in [2.75, 3.05) is 0 Å². The summed E-state index contributed by atoms with van der Waals surface area (Å²) in [5, 5.41) is 10.8. The lowest BCUT2D eigenvalue weighted by Crippen LogP contribution is -2.53. The van der Waals surface area contributed by atoms with Gasteiger partial charge in [0.1, 0.15) is 16.7 Å². The first-order valence-electron chi connectivity index (χ1n) is 7.24. The molecule has 0 aliphatic heterocycles. The molecule has 3 N–H and O–H groups in total. The van der Waals surface area contributed by atoms with Gasteiger partial charge >= 0.3 is 0 Å². The summed E-state index contributed by atoms with van der Waals surface area (Å²) in [6.07, 6.45) is 0. The van der Waals surface area contributed by atoms with E-state index in [-0.39, 0.29) is 4.90 Å². The summed E-state index contributed by atoms with van der Waals surface area (Å²) in [5.74, 6) is -0.879. The molecule has 0 radical (unpaired) electrons. The minimum atomic E-state index is -4.02. The molecule has 0 bridgehead atoms. The number of amides is 1. The zero-order chi connectivity index (χ0) is 18.4. The third-order valence-electron chi connectivity index (χ3n) is 3.78. The minimum absolute atomic E-state index is 0.0658. The van der Waals surface area contributed by atoms with Gasteiger partial charge in [-0.3, -0.25) is 10.0 Å². The average molecular weight is 383 g/mol. The van der Waals surface area contributed by atoms with E-state index >= 15 is 0 Å². The van der Waals surface area contributed by atoms with E-state index in [2.05, 4.69) is 4.72 Å². The van der Waals surface area contributed by atoms with Crippen molar-refractivity contribution in [3.05, 3.63) is 41.4 Å². The average Bonchev–Trinajstić information content (AvgIpc) is 2.89. The fourth-order valence-corrected chi connectivity index (χ4v) is 4.03. The molecule has 0 unspecified atom stereocenters. The van der Waals surface area contributed by atoms with Crippen molar-refractivity contribution < 1.29 is 22.8 Å². The van der Waals surface area contributed by atoms with Crippen LogP contribution in [0.3, 0.4) is 0 Å². The number of hydrogen-bond acceptors (Lipinski definition) is 5. The molecule has 1 heterocycles. The van der Waals surface area contributed by atoms with Crippen molar-refractivity contribution in [1.29, 1.82) is 0 Å². The molecule has 9 heteroatoms. The maximum absolute atomic E-state index is 12.5. The molecule has 0 saturated carbocycles. The second-order valence-corrected chi connectivity index (χ2v) is 8.19. The largest absolute Gasteiger partial charge is 0.456 e. The molecule has 25 heavy (non-hydrogen) atoms. The molecule has 0 spiro atoms. The Labute approximate surface area is 148 Å². The third-order valence-corrected chi connectivity index (χ3v) is 5.66. The lowest BCUT2D eigenvalue weighted by Gasteiger charge is -2.23. The predicted molar refractivity (Wildman–Crippen MR) is 93.1 cm³/mol. The van der Waals surface area contributed by atoms with E-state index in [1.54, 1.807) is 24.3 Å². The normalized spacial score (nSPS) is 12.6.